The largest absolute Gasteiger partial charge is 0.362 e. The molecule has 2 amide bonds. The zero-order valence-electron chi connectivity index (χ0n) is 12.8. The summed E-state index contributed by atoms with van der Waals surface area (Å²) in [6.45, 7) is 6.09. The van der Waals surface area contributed by atoms with E-state index in [1.165, 1.54) is 5.56 Å². The highest BCUT2D eigenvalue weighted by molar-refractivity contribution is 6.01. The molecule has 1 saturated heterocycles. The maximum atomic E-state index is 11.8. The van der Waals surface area contributed by atoms with Gasteiger partial charge in [-0.2, -0.15) is 0 Å². The van der Waals surface area contributed by atoms with E-state index < -0.39 is 0 Å². The Balaban J connectivity index is 0.000000956. The number of piperidine rings is 1. The first kappa shape index (κ1) is 16.2. The van der Waals surface area contributed by atoms with Crippen LogP contribution >= 0.6 is 0 Å². The van der Waals surface area contributed by atoms with Crippen molar-refractivity contribution in [2.75, 3.05) is 11.9 Å². The summed E-state index contributed by atoms with van der Waals surface area (Å²) in [6.07, 6.45) is 1.92. The number of anilines is 1. The molecule has 110 valence electrons. The number of likely N-dealkylation sites (N-methyl/N-ethyl adjacent to an activating group) is 1. The molecule has 0 spiro atoms. The molecule has 0 radical (unpaired) electrons. The van der Waals surface area contributed by atoms with Crippen molar-refractivity contribution < 1.29 is 9.59 Å². The fourth-order valence-corrected chi connectivity index (χ4v) is 2.37. The van der Waals surface area contributed by atoms with Crippen molar-refractivity contribution in [1.29, 1.82) is 0 Å². The van der Waals surface area contributed by atoms with Crippen molar-refractivity contribution in [2.24, 2.45) is 0 Å². The van der Waals surface area contributed by atoms with Gasteiger partial charge in [0.2, 0.25) is 11.8 Å². The lowest BCUT2D eigenvalue weighted by Gasteiger charge is -2.32. The molecule has 20 heavy (non-hydrogen) atoms. The van der Waals surface area contributed by atoms with E-state index in [0.717, 1.165) is 12.1 Å². The van der Waals surface area contributed by atoms with Crippen LogP contribution in [0.25, 0.3) is 0 Å². The lowest BCUT2D eigenvalue weighted by molar-refractivity contribution is -0.134. The smallest absolute Gasteiger partial charge is 0.249 e. The van der Waals surface area contributed by atoms with Gasteiger partial charge >= 0.3 is 0 Å². The van der Waals surface area contributed by atoms with Crippen LogP contribution in [0.2, 0.25) is 0 Å². The molecule has 1 N–H and O–H groups in total. The van der Waals surface area contributed by atoms with E-state index in [1.54, 1.807) is 0 Å². The number of imide groups is 1. The van der Waals surface area contributed by atoms with Crippen molar-refractivity contribution in [3.63, 3.8) is 0 Å². The van der Waals surface area contributed by atoms with Crippen LogP contribution in [0.3, 0.4) is 0 Å². The molecule has 0 bridgehead atoms. The SMILES string of the molecule is CC.CCc1ccccc1N(C)C1CCC(=O)NC1=O. The predicted molar refractivity (Wildman–Crippen MR) is 81.7 cm³/mol. The number of para-hydroxylation sites is 1. The topological polar surface area (TPSA) is 49.4 Å². The standard InChI is InChI=1S/C14H18N2O2.C2H6/c1-3-10-6-4-5-7-11(10)16(2)12-8-9-13(17)15-14(12)18;1-2/h4-7,12H,3,8-9H2,1-2H3,(H,15,17,18);1-2H3. The average molecular weight is 276 g/mol. The number of hydrogen-bond donors (Lipinski definition) is 1. The van der Waals surface area contributed by atoms with Crippen LogP contribution in [-0.2, 0) is 16.0 Å². The first-order valence-corrected chi connectivity index (χ1v) is 7.28. The van der Waals surface area contributed by atoms with Gasteiger partial charge in [0.05, 0.1) is 0 Å². The first-order valence-electron chi connectivity index (χ1n) is 7.28. The van der Waals surface area contributed by atoms with E-state index in [2.05, 4.69) is 18.3 Å². The van der Waals surface area contributed by atoms with E-state index in [1.807, 2.05) is 44.0 Å². The quantitative estimate of drug-likeness (QED) is 0.863. The van der Waals surface area contributed by atoms with Gasteiger partial charge in [-0.25, -0.2) is 0 Å². The number of rotatable bonds is 3. The molecule has 0 aliphatic carbocycles. The summed E-state index contributed by atoms with van der Waals surface area (Å²) in [6, 6.07) is 7.80. The fraction of sp³-hybridized carbons (Fsp3) is 0.500. The van der Waals surface area contributed by atoms with Gasteiger partial charge in [-0.05, 0) is 24.5 Å². The Labute approximate surface area is 121 Å². The predicted octanol–water partition coefficient (Wildman–Crippen LogP) is 2.52. The van der Waals surface area contributed by atoms with Gasteiger partial charge in [0.15, 0.2) is 0 Å². The van der Waals surface area contributed by atoms with E-state index in [4.69, 9.17) is 0 Å². The first-order chi connectivity index (χ1) is 9.63. The third-order valence-corrected chi connectivity index (χ3v) is 3.43. The number of amides is 2. The molecule has 1 fully saturated rings. The normalized spacial score (nSPS) is 17.9. The lowest BCUT2D eigenvalue weighted by Crippen LogP contribution is -2.51. The lowest BCUT2D eigenvalue weighted by atomic mass is 10.0. The van der Waals surface area contributed by atoms with Crippen LogP contribution in [0.1, 0.15) is 39.2 Å². The Bertz CT molecular complexity index is 471. The van der Waals surface area contributed by atoms with Crippen molar-refractivity contribution >= 4 is 17.5 Å². The highest BCUT2D eigenvalue weighted by Crippen LogP contribution is 2.24. The summed E-state index contributed by atoms with van der Waals surface area (Å²) >= 11 is 0. The minimum Gasteiger partial charge on any atom is -0.362 e. The molecule has 4 nitrogen and oxygen atoms in total. The average Bonchev–Trinajstić information content (AvgIpc) is 2.48. The highest BCUT2D eigenvalue weighted by Gasteiger charge is 2.30. The molecule has 0 aromatic heterocycles. The van der Waals surface area contributed by atoms with E-state index in [9.17, 15) is 9.59 Å². The Hall–Kier alpha value is -1.84. The van der Waals surface area contributed by atoms with E-state index in [-0.39, 0.29) is 17.9 Å². The third-order valence-electron chi connectivity index (χ3n) is 3.43. The molecular formula is C16H24N2O2. The summed E-state index contributed by atoms with van der Waals surface area (Å²) in [5.41, 5.74) is 2.28. The van der Waals surface area contributed by atoms with Crippen molar-refractivity contribution in [1.82, 2.24) is 5.32 Å². The minimum atomic E-state index is -0.254. The summed E-state index contributed by atoms with van der Waals surface area (Å²) in [5.74, 6) is -0.368. The number of nitrogens with zero attached hydrogens (tertiary/aromatic N) is 1. The van der Waals surface area contributed by atoms with Gasteiger partial charge in [-0.15, -0.1) is 0 Å². The molecule has 1 aliphatic rings. The summed E-state index contributed by atoms with van der Waals surface area (Å²) in [7, 11) is 1.91. The Morgan fingerprint density at radius 2 is 1.90 bits per heavy atom. The van der Waals surface area contributed by atoms with Gasteiger partial charge < -0.3 is 4.90 Å². The van der Waals surface area contributed by atoms with Gasteiger partial charge in [-0.1, -0.05) is 39.0 Å². The van der Waals surface area contributed by atoms with Gasteiger partial charge in [0, 0.05) is 19.2 Å². The molecule has 2 rings (SSSR count). The molecule has 0 saturated carbocycles. The molecule has 1 aromatic rings. The third kappa shape index (κ3) is 3.59. The summed E-state index contributed by atoms with van der Waals surface area (Å²) in [5, 5.41) is 2.40. The zero-order valence-corrected chi connectivity index (χ0v) is 12.8. The van der Waals surface area contributed by atoms with Crippen LogP contribution in [0.15, 0.2) is 24.3 Å². The minimum absolute atomic E-state index is 0.173. The van der Waals surface area contributed by atoms with Crippen LogP contribution in [-0.4, -0.2) is 24.9 Å². The van der Waals surface area contributed by atoms with Crippen LogP contribution in [0.5, 0.6) is 0 Å². The second-order valence-corrected chi connectivity index (χ2v) is 4.56. The molecular weight excluding hydrogens is 252 g/mol. The zero-order chi connectivity index (χ0) is 15.1. The summed E-state index contributed by atoms with van der Waals surface area (Å²) < 4.78 is 0. The molecule has 1 aromatic carbocycles. The van der Waals surface area contributed by atoms with Gasteiger partial charge in [0.1, 0.15) is 6.04 Å². The molecule has 4 heteroatoms. The number of hydrogen-bond acceptors (Lipinski definition) is 3. The molecule has 1 heterocycles. The van der Waals surface area contributed by atoms with Crippen LogP contribution < -0.4 is 10.2 Å². The van der Waals surface area contributed by atoms with E-state index in [0.29, 0.717) is 12.8 Å². The monoisotopic (exact) mass is 276 g/mol. The highest BCUT2D eigenvalue weighted by atomic mass is 16.2. The van der Waals surface area contributed by atoms with Crippen molar-refractivity contribution in [2.45, 2.75) is 46.1 Å². The number of carbonyl (C=O) groups excluding carboxylic acids is 2. The Morgan fingerprint density at radius 3 is 2.50 bits per heavy atom. The molecule has 1 unspecified atom stereocenters. The number of benzene rings is 1. The molecule has 1 atom stereocenters. The van der Waals surface area contributed by atoms with Crippen molar-refractivity contribution in [3.05, 3.63) is 29.8 Å². The van der Waals surface area contributed by atoms with E-state index >= 15 is 0 Å². The van der Waals surface area contributed by atoms with Crippen molar-refractivity contribution in [3.8, 4) is 0 Å². The number of aryl methyl sites for hydroxylation is 1. The number of carbonyl (C=O) groups is 2. The molecule has 1 aliphatic heterocycles. The van der Waals surface area contributed by atoms with Gasteiger partial charge in [0.25, 0.3) is 0 Å². The maximum Gasteiger partial charge on any atom is 0.249 e. The van der Waals surface area contributed by atoms with Gasteiger partial charge in [-0.3, -0.25) is 14.9 Å². The maximum absolute atomic E-state index is 11.8. The fourth-order valence-electron chi connectivity index (χ4n) is 2.37. The Morgan fingerprint density at radius 1 is 1.25 bits per heavy atom. The second kappa shape index (κ2) is 7.68. The summed E-state index contributed by atoms with van der Waals surface area (Å²) in [4.78, 5) is 25.0. The Kier molecular flexibility index (Phi) is 6.22. The van der Waals surface area contributed by atoms with Crippen LogP contribution in [0, 0.1) is 0 Å². The number of nitrogens with one attached hydrogen (secondary N) is 1. The van der Waals surface area contributed by atoms with Crippen LogP contribution in [0.4, 0.5) is 5.69 Å². The second-order valence-electron chi connectivity index (χ2n) is 4.56.